The number of aliphatic hydroxyl groups is 1. The molecule has 1 rings (SSSR count). The van der Waals surface area contributed by atoms with Crippen molar-refractivity contribution in [2.45, 2.75) is 13.0 Å². The van der Waals surface area contributed by atoms with Crippen LogP contribution in [0.3, 0.4) is 0 Å². The molecule has 5 heteroatoms. The Morgan fingerprint density at radius 2 is 2.46 bits per heavy atom. The Labute approximate surface area is 80.5 Å². The van der Waals surface area contributed by atoms with Gasteiger partial charge in [0.1, 0.15) is 6.10 Å². The first-order valence-electron chi connectivity index (χ1n) is 3.79. The zero-order valence-corrected chi connectivity index (χ0v) is 7.99. The summed E-state index contributed by atoms with van der Waals surface area (Å²) in [7, 11) is 0. The van der Waals surface area contributed by atoms with Crippen molar-refractivity contribution >= 4 is 11.9 Å². The van der Waals surface area contributed by atoms with E-state index in [1.807, 2.05) is 13.0 Å². The lowest BCUT2D eigenvalue weighted by atomic mass is 10.2. The number of rotatable bonds is 4. The van der Waals surface area contributed by atoms with E-state index in [2.05, 4.69) is 9.57 Å². The molecule has 0 spiro atoms. The van der Waals surface area contributed by atoms with E-state index < -0.39 is 6.10 Å². The quantitative estimate of drug-likeness (QED) is 0.592. The van der Waals surface area contributed by atoms with Gasteiger partial charge in [-0.1, -0.05) is 6.07 Å². The van der Waals surface area contributed by atoms with Crippen LogP contribution in [0, 0.1) is 11.8 Å². The molecule has 1 N–H and O–H groups in total. The molecule has 70 valence electrons. The lowest BCUT2D eigenvalue weighted by molar-refractivity contribution is 0.199. The van der Waals surface area contributed by atoms with Gasteiger partial charge in [0.25, 0.3) is 0 Å². The second-order valence-corrected chi connectivity index (χ2v) is 3.39. The van der Waals surface area contributed by atoms with Crippen LogP contribution in [0.15, 0.2) is 22.9 Å². The van der Waals surface area contributed by atoms with Gasteiger partial charge in [-0.3, -0.25) is 4.98 Å². The van der Waals surface area contributed by atoms with E-state index in [4.69, 9.17) is 0 Å². The smallest absolute Gasteiger partial charge is 0.107 e. The molecule has 13 heavy (non-hydrogen) atoms. The van der Waals surface area contributed by atoms with Crippen molar-refractivity contribution in [2.24, 2.45) is 4.58 Å². The maximum atomic E-state index is 9.78. The van der Waals surface area contributed by atoms with Crippen molar-refractivity contribution in [1.82, 2.24) is 4.98 Å². The van der Waals surface area contributed by atoms with Gasteiger partial charge in [0.15, 0.2) is 0 Å². The minimum atomic E-state index is -0.719. The molecule has 0 aromatic carbocycles. The maximum absolute atomic E-state index is 9.78. The Morgan fingerprint density at radius 1 is 1.69 bits per heavy atom. The second kappa shape index (κ2) is 4.94. The summed E-state index contributed by atoms with van der Waals surface area (Å²) in [6, 6.07) is 3.61. The van der Waals surface area contributed by atoms with Crippen molar-refractivity contribution < 1.29 is 5.11 Å². The highest BCUT2D eigenvalue weighted by Gasteiger charge is 2.08. The van der Waals surface area contributed by atoms with Crippen LogP contribution in [-0.2, 0) is 0 Å². The van der Waals surface area contributed by atoms with Crippen molar-refractivity contribution in [2.75, 3.05) is 5.75 Å². The fourth-order valence-corrected chi connectivity index (χ4v) is 1.24. The predicted molar refractivity (Wildman–Crippen MR) is 52.2 cm³/mol. The first-order valence-corrected chi connectivity index (χ1v) is 4.73. The van der Waals surface area contributed by atoms with Gasteiger partial charge in [0.05, 0.1) is 11.4 Å². The zero-order chi connectivity index (χ0) is 9.68. The van der Waals surface area contributed by atoms with Crippen molar-refractivity contribution in [3.8, 4) is 0 Å². The fourth-order valence-electron chi connectivity index (χ4n) is 0.863. The number of aromatic nitrogens is 1. The molecule has 0 fully saturated rings. The molecule has 1 aromatic rings. The highest BCUT2D eigenvalue weighted by atomic mass is 32.2. The molecule has 1 heterocycles. The highest BCUT2D eigenvalue weighted by molar-refractivity contribution is 7.97. The Bertz CT molecular complexity index is 276. The number of hydrogen-bond donors (Lipinski definition) is 1. The molecule has 0 saturated heterocycles. The molecule has 0 amide bonds. The summed E-state index contributed by atoms with van der Waals surface area (Å²) in [6.07, 6.45) is 0.959. The van der Waals surface area contributed by atoms with Crippen LogP contribution in [-0.4, -0.2) is 15.8 Å². The Hall–Kier alpha value is -0.940. The molecular weight excluding hydrogens is 188 g/mol. The average molecular weight is 198 g/mol. The van der Waals surface area contributed by atoms with Crippen molar-refractivity contribution in [3.05, 3.63) is 34.5 Å². The summed E-state index contributed by atoms with van der Waals surface area (Å²) in [5, 5.41) is 9.46. The molecular formula is C8H10N2O2S. The largest absolute Gasteiger partial charge is 0.386 e. The van der Waals surface area contributed by atoms with E-state index >= 15 is 0 Å². The van der Waals surface area contributed by atoms with Gasteiger partial charge in [-0.25, -0.2) is 0 Å². The SMILES string of the molecule is Cc1ccc(C(O)CSN=O)nc1. The summed E-state index contributed by atoms with van der Waals surface area (Å²) in [4.78, 5) is 13.8. The van der Waals surface area contributed by atoms with Gasteiger partial charge in [-0.15, -0.1) is 4.91 Å². The summed E-state index contributed by atoms with van der Waals surface area (Å²) < 4.78 is 2.60. The molecule has 0 aliphatic carbocycles. The van der Waals surface area contributed by atoms with Crippen molar-refractivity contribution in [3.63, 3.8) is 0 Å². The lowest BCUT2D eigenvalue weighted by Crippen LogP contribution is -2.02. The number of nitroso groups, excluding NO2 is 1. The predicted octanol–water partition coefficient (Wildman–Crippen LogP) is 1.84. The van der Waals surface area contributed by atoms with E-state index in [1.165, 1.54) is 0 Å². The van der Waals surface area contributed by atoms with E-state index in [-0.39, 0.29) is 5.75 Å². The third kappa shape index (κ3) is 3.12. The highest BCUT2D eigenvalue weighted by Crippen LogP contribution is 2.16. The number of aliphatic hydroxyl groups excluding tert-OH is 1. The number of pyridine rings is 1. The first-order chi connectivity index (χ1) is 6.24. The van der Waals surface area contributed by atoms with Gasteiger partial charge in [0.2, 0.25) is 0 Å². The Morgan fingerprint density at radius 3 is 3.00 bits per heavy atom. The van der Waals surface area contributed by atoms with Crippen LogP contribution in [0.2, 0.25) is 0 Å². The van der Waals surface area contributed by atoms with Gasteiger partial charge in [-0.2, -0.15) is 0 Å². The lowest BCUT2D eigenvalue weighted by Gasteiger charge is -2.06. The third-order valence-electron chi connectivity index (χ3n) is 1.56. The van der Waals surface area contributed by atoms with Crippen LogP contribution in [0.4, 0.5) is 0 Å². The molecule has 4 nitrogen and oxygen atoms in total. The number of aryl methyl sites for hydroxylation is 1. The molecule has 1 atom stereocenters. The number of hydrogen-bond acceptors (Lipinski definition) is 5. The molecule has 1 aromatic heterocycles. The van der Waals surface area contributed by atoms with E-state index in [0.29, 0.717) is 5.69 Å². The van der Waals surface area contributed by atoms with Crippen LogP contribution in [0.5, 0.6) is 0 Å². The van der Waals surface area contributed by atoms with E-state index in [1.54, 1.807) is 12.3 Å². The van der Waals surface area contributed by atoms with Crippen LogP contribution >= 0.6 is 11.9 Å². The molecule has 0 aliphatic rings. The van der Waals surface area contributed by atoms with E-state index in [9.17, 15) is 10.0 Å². The zero-order valence-electron chi connectivity index (χ0n) is 7.17. The topological polar surface area (TPSA) is 62.6 Å². The van der Waals surface area contributed by atoms with E-state index in [0.717, 1.165) is 17.5 Å². The van der Waals surface area contributed by atoms with Crippen LogP contribution in [0.1, 0.15) is 17.4 Å². The molecule has 0 aliphatic heterocycles. The molecule has 1 unspecified atom stereocenters. The summed E-state index contributed by atoms with van der Waals surface area (Å²) in [6.45, 7) is 1.92. The number of nitrogens with zero attached hydrogens (tertiary/aromatic N) is 2. The summed E-state index contributed by atoms with van der Waals surface area (Å²) in [5.74, 6) is 0.250. The average Bonchev–Trinajstić information content (AvgIpc) is 2.15. The maximum Gasteiger partial charge on any atom is 0.107 e. The summed E-state index contributed by atoms with van der Waals surface area (Å²) >= 11 is 0.795. The van der Waals surface area contributed by atoms with Crippen LogP contribution < -0.4 is 0 Å². The van der Waals surface area contributed by atoms with Gasteiger partial charge < -0.3 is 5.11 Å². The standard InChI is InChI=1S/C8H10N2O2S/c1-6-2-3-7(9-4-6)8(11)5-13-10-12/h2-4,8,11H,5H2,1H3. The Kier molecular flexibility index (Phi) is 3.85. The third-order valence-corrected chi connectivity index (χ3v) is 2.13. The van der Waals surface area contributed by atoms with Gasteiger partial charge in [0, 0.05) is 22.7 Å². The fraction of sp³-hybridized carbons (Fsp3) is 0.375. The monoisotopic (exact) mass is 198 g/mol. The Balaban J connectivity index is 2.60. The normalized spacial score (nSPS) is 12.5. The van der Waals surface area contributed by atoms with Gasteiger partial charge in [-0.05, 0) is 18.6 Å². The van der Waals surface area contributed by atoms with Crippen molar-refractivity contribution in [1.29, 1.82) is 0 Å². The molecule has 0 bridgehead atoms. The second-order valence-electron chi connectivity index (χ2n) is 2.65. The molecule has 0 radical (unpaired) electrons. The molecule has 0 saturated carbocycles. The van der Waals surface area contributed by atoms with Crippen LogP contribution in [0.25, 0.3) is 0 Å². The van der Waals surface area contributed by atoms with Gasteiger partial charge >= 0.3 is 0 Å². The minimum absolute atomic E-state index is 0.250. The summed E-state index contributed by atoms with van der Waals surface area (Å²) in [5.41, 5.74) is 1.61. The minimum Gasteiger partial charge on any atom is -0.386 e. The first kappa shape index (κ1) is 10.1.